The highest BCUT2D eigenvalue weighted by atomic mass is 35.5. The Balaban J connectivity index is 1.24. The molecule has 0 aliphatic carbocycles. The van der Waals surface area contributed by atoms with Gasteiger partial charge in [0.2, 0.25) is 6.79 Å². The lowest BCUT2D eigenvalue weighted by atomic mass is 10.1. The molecule has 0 bridgehead atoms. The molecule has 2 aromatic carbocycles. The Morgan fingerprint density at radius 2 is 1.76 bits per heavy atom. The molecule has 2 aliphatic rings. The van der Waals surface area contributed by atoms with Crippen LogP contribution in [-0.4, -0.2) is 53.7 Å². The van der Waals surface area contributed by atoms with Crippen molar-refractivity contribution in [3.05, 3.63) is 64.8 Å². The minimum atomic E-state index is -0.00169. The van der Waals surface area contributed by atoms with Gasteiger partial charge in [-0.1, -0.05) is 23.7 Å². The van der Waals surface area contributed by atoms with E-state index in [1.165, 1.54) is 0 Å². The fourth-order valence-electron chi connectivity index (χ4n) is 4.27. The van der Waals surface area contributed by atoms with E-state index in [4.69, 9.17) is 21.1 Å². The second-order valence-corrected chi connectivity index (χ2v) is 9.18. The summed E-state index contributed by atoms with van der Waals surface area (Å²) in [6, 6.07) is 13.2. The molecule has 0 radical (unpaired) electrons. The number of thiophene rings is 1. The van der Waals surface area contributed by atoms with Crippen molar-refractivity contribution >= 4 is 44.9 Å². The molecule has 7 nitrogen and oxygen atoms in total. The van der Waals surface area contributed by atoms with Gasteiger partial charge in [0.15, 0.2) is 11.5 Å². The Hall–Kier alpha value is -3.36. The standard InChI is InChI=1S/C24H19ClN4O3S/c25-17-4-1-15(2-5-17)18-12-33-23-21(18)22(26-13-27-23)28-7-9-29(10-8-28)24(30)16-3-6-19-20(11-16)32-14-31-19/h1-6,11-13H,7-10,14H2. The van der Waals surface area contributed by atoms with Gasteiger partial charge in [-0.15, -0.1) is 11.3 Å². The van der Waals surface area contributed by atoms with Crippen LogP contribution >= 0.6 is 22.9 Å². The van der Waals surface area contributed by atoms with E-state index in [1.807, 2.05) is 29.2 Å². The molecule has 1 saturated heterocycles. The number of fused-ring (bicyclic) bond motifs is 2. The third-order valence-electron chi connectivity index (χ3n) is 5.99. The summed E-state index contributed by atoms with van der Waals surface area (Å²) in [5.74, 6) is 2.20. The number of rotatable bonds is 3. The third-order valence-corrected chi connectivity index (χ3v) is 7.13. The lowest BCUT2D eigenvalue weighted by Gasteiger charge is -2.35. The Labute approximate surface area is 199 Å². The fourth-order valence-corrected chi connectivity index (χ4v) is 5.31. The number of hydrogen-bond acceptors (Lipinski definition) is 7. The Morgan fingerprint density at radius 3 is 2.58 bits per heavy atom. The highest BCUT2D eigenvalue weighted by molar-refractivity contribution is 7.17. The first-order chi connectivity index (χ1) is 16.2. The van der Waals surface area contributed by atoms with Gasteiger partial charge in [-0.2, -0.15) is 0 Å². The molecule has 0 saturated carbocycles. The first kappa shape index (κ1) is 20.3. The number of carbonyl (C=O) groups excluding carboxylic acids is 1. The molecule has 0 spiro atoms. The molecule has 0 N–H and O–H groups in total. The van der Waals surface area contributed by atoms with Gasteiger partial charge < -0.3 is 19.3 Å². The van der Waals surface area contributed by atoms with Gasteiger partial charge in [0.25, 0.3) is 5.91 Å². The van der Waals surface area contributed by atoms with Gasteiger partial charge in [-0.3, -0.25) is 4.79 Å². The largest absolute Gasteiger partial charge is 0.454 e. The molecule has 1 fully saturated rings. The van der Waals surface area contributed by atoms with Gasteiger partial charge in [-0.05, 0) is 35.9 Å². The van der Waals surface area contributed by atoms with Crippen LogP contribution in [0.3, 0.4) is 0 Å². The zero-order valence-corrected chi connectivity index (χ0v) is 19.1. The maximum Gasteiger partial charge on any atom is 0.254 e. The van der Waals surface area contributed by atoms with Crippen LogP contribution in [0.15, 0.2) is 54.2 Å². The smallest absolute Gasteiger partial charge is 0.254 e. The average molecular weight is 479 g/mol. The fraction of sp³-hybridized carbons (Fsp3) is 0.208. The zero-order valence-electron chi connectivity index (χ0n) is 17.5. The lowest BCUT2D eigenvalue weighted by molar-refractivity contribution is 0.0746. The van der Waals surface area contributed by atoms with Crippen LogP contribution in [0.2, 0.25) is 5.02 Å². The topological polar surface area (TPSA) is 67.8 Å². The van der Waals surface area contributed by atoms with E-state index in [1.54, 1.807) is 35.9 Å². The van der Waals surface area contributed by atoms with Crippen LogP contribution in [0.4, 0.5) is 5.82 Å². The number of carbonyl (C=O) groups is 1. The van der Waals surface area contributed by atoms with Crippen molar-refractivity contribution in [1.29, 1.82) is 0 Å². The maximum absolute atomic E-state index is 13.1. The number of piperazine rings is 1. The minimum Gasteiger partial charge on any atom is -0.454 e. The highest BCUT2D eigenvalue weighted by Gasteiger charge is 2.26. The SMILES string of the molecule is O=C(c1ccc2c(c1)OCO2)N1CCN(c2ncnc3scc(-c4ccc(Cl)cc4)c23)CC1. The molecule has 6 rings (SSSR count). The van der Waals surface area contributed by atoms with Crippen molar-refractivity contribution in [2.75, 3.05) is 37.9 Å². The second kappa shape index (κ2) is 8.20. The van der Waals surface area contributed by atoms with Crippen molar-refractivity contribution in [3.8, 4) is 22.6 Å². The molecule has 166 valence electrons. The first-order valence-electron chi connectivity index (χ1n) is 10.6. The van der Waals surface area contributed by atoms with Crippen molar-refractivity contribution in [2.45, 2.75) is 0 Å². The number of benzene rings is 2. The van der Waals surface area contributed by atoms with Crippen LogP contribution < -0.4 is 14.4 Å². The molecular weight excluding hydrogens is 460 g/mol. The molecule has 0 unspecified atom stereocenters. The summed E-state index contributed by atoms with van der Waals surface area (Å²) in [5.41, 5.74) is 2.79. The number of amides is 1. The van der Waals surface area contributed by atoms with Crippen LogP contribution in [-0.2, 0) is 0 Å². The predicted molar refractivity (Wildman–Crippen MR) is 129 cm³/mol. The molecule has 4 aromatic rings. The normalized spacial score (nSPS) is 15.3. The van der Waals surface area contributed by atoms with E-state index in [2.05, 4.69) is 20.2 Å². The number of anilines is 1. The molecule has 9 heteroatoms. The molecular formula is C24H19ClN4O3S. The van der Waals surface area contributed by atoms with Crippen LogP contribution in [0, 0.1) is 0 Å². The summed E-state index contributed by atoms with van der Waals surface area (Å²) in [5, 5.41) is 3.87. The number of nitrogens with zero attached hydrogens (tertiary/aromatic N) is 4. The van der Waals surface area contributed by atoms with E-state index in [-0.39, 0.29) is 12.7 Å². The summed E-state index contributed by atoms with van der Waals surface area (Å²) in [6.45, 7) is 2.80. The van der Waals surface area contributed by atoms with Gasteiger partial charge in [0.05, 0.1) is 5.39 Å². The van der Waals surface area contributed by atoms with Crippen LogP contribution in [0.5, 0.6) is 11.5 Å². The van der Waals surface area contributed by atoms with E-state index in [9.17, 15) is 4.79 Å². The first-order valence-corrected chi connectivity index (χ1v) is 11.8. The summed E-state index contributed by atoms with van der Waals surface area (Å²) >= 11 is 7.69. The number of ether oxygens (including phenoxy) is 2. The second-order valence-electron chi connectivity index (χ2n) is 7.88. The van der Waals surface area contributed by atoms with Crippen LogP contribution in [0.1, 0.15) is 10.4 Å². The Bertz CT molecular complexity index is 1350. The zero-order chi connectivity index (χ0) is 22.4. The van der Waals surface area contributed by atoms with Crippen molar-refractivity contribution in [2.24, 2.45) is 0 Å². The summed E-state index contributed by atoms with van der Waals surface area (Å²) in [4.78, 5) is 27.2. The van der Waals surface area contributed by atoms with E-state index in [0.29, 0.717) is 48.3 Å². The van der Waals surface area contributed by atoms with Gasteiger partial charge in [0, 0.05) is 47.7 Å². The van der Waals surface area contributed by atoms with Gasteiger partial charge >= 0.3 is 0 Å². The van der Waals surface area contributed by atoms with Gasteiger partial charge in [-0.25, -0.2) is 9.97 Å². The minimum absolute atomic E-state index is 0.00169. The van der Waals surface area contributed by atoms with E-state index < -0.39 is 0 Å². The molecule has 2 aliphatic heterocycles. The molecule has 2 aromatic heterocycles. The summed E-state index contributed by atoms with van der Waals surface area (Å²) in [7, 11) is 0. The number of hydrogen-bond donors (Lipinski definition) is 0. The predicted octanol–water partition coefficient (Wildman–Crippen LogP) is 4.70. The van der Waals surface area contributed by atoms with Gasteiger partial charge in [0.1, 0.15) is 17.0 Å². The Kier molecular flexibility index (Phi) is 5.04. The van der Waals surface area contributed by atoms with Crippen molar-refractivity contribution in [1.82, 2.24) is 14.9 Å². The third kappa shape index (κ3) is 3.65. The summed E-state index contributed by atoms with van der Waals surface area (Å²) < 4.78 is 10.8. The molecule has 0 atom stereocenters. The van der Waals surface area contributed by atoms with E-state index in [0.717, 1.165) is 27.2 Å². The molecule has 33 heavy (non-hydrogen) atoms. The number of aromatic nitrogens is 2. The Morgan fingerprint density at radius 1 is 0.970 bits per heavy atom. The lowest BCUT2D eigenvalue weighted by Crippen LogP contribution is -2.49. The average Bonchev–Trinajstić information content (AvgIpc) is 3.51. The monoisotopic (exact) mass is 478 g/mol. The highest BCUT2D eigenvalue weighted by Crippen LogP contribution is 2.38. The van der Waals surface area contributed by atoms with E-state index >= 15 is 0 Å². The molecule has 4 heterocycles. The van der Waals surface area contributed by atoms with Crippen LogP contribution in [0.25, 0.3) is 21.3 Å². The summed E-state index contributed by atoms with van der Waals surface area (Å²) in [6.07, 6.45) is 1.62. The quantitative estimate of drug-likeness (QED) is 0.425. The van der Waals surface area contributed by atoms with Crippen molar-refractivity contribution < 1.29 is 14.3 Å². The number of halogens is 1. The molecule has 1 amide bonds. The maximum atomic E-state index is 13.1. The van der Waals surface area contributed by atoms with Crippen molar-refractivity contribution in [3.63, 3.8) is 0 Å².